The molecule has 0 rings (SSSR count). The molecule has 0 unspecified atom stereocenters. The van der Waals surface area contributed by atoms with Gasteiger partial charge in [-0.2, -0.15) is 8.42 Å². The maximum absolute atomic E-state index is 10.8. The Morgan fingerprint density at radius 3 is 2.15 bits per heavy atom. The van der Waals surface area contributed by atoms with Gasteiger partial charge in [-0.05, 0) is 6.92 Å². The topological polar surface area (TPSA) is 77.5 Å². The minimum Gasteiger partial charge on any atom is -0.336 e. The van der Waals surface area contributed by atoms with E-state index in [0.717, 1.165) is 0 Å². The van der Waals surface area contributed by atoms with Gasteiger partial charge in [0.05, 0.1) is 0 Å². The predicted octanol–water partition coefficient (Wildman–Crippen LogP) is 0.148. The molecule has 0 atom stereocenters. The third-order valence-electron chi connectivity index (χ3n) is 0.934. The summed E-state index contributed by atoms with van der Waals surface area (Å²) in [4.78, 5) is 21.3. The van der Waals surface area contributed by atoms with Gasteiger partial charge in [0.1, 0.15) is 0 Å². The maximum Gasteiger partial charge on any atom is 0.380 e. The Balaban J connectivity index is 4.80. The first-order valence-electron chi connectivity index (χ1n) is 3.12. The molecule has 5 nitrogen and oxygen atoms in total. The summed E-state index contributed by atoms with van der Waals surface area (Å²) < 4.78 is 25.5. The third-order valence-corrected chi connectivity index (χ3v) is 2.12. The highest BCUT2D eigenvalue weighted by Gasteiger charge is 2.26. The van der Waals surface area contributed by atoms with E-state index < -0.39 is 21.2 Å². The second-order valence-corrected chi connectivity index (χ2v) is 3.57. The van der Waals surface area contributed by atoms with E-state index in [-0.39, 0.29) is 5.57 Å². The van der Waals surface area contributed by atoms with Gasteiger partial charge >= 0.3 is 21.2 Å². The van der Waals surface area contributed by atoms with E-state index in [0.29, 0.717) is 6.08 Å². The van der Waals surface area contributed by atoms with Crippen LogP contribution < -0.4 is 0 Å². The number of hydrogen-bond donors (Lipinski definition) is 0. The van der Waals surface area contributed by atoms with Gasteiger partial charge < -0.3 is 4.18 Å². The van der Waals surface area contributed by atoms with Crippen molar-refractivity contribution in [3.05, 3.63) is 24.8 Å². The summed E-state index contributed by atoms with van der Waals surface area (Å²) in [5.41, 5.74) is -0.225. The van der Waals surface area contributed by atoms with Crippen LogP contribution in [0.2, 0.25) is 0 Å². The van der Waals surface area contributed by atoms with Crippen molar-refractivity contribution in [1.29, 1.82) is 0 Å². The molecule has 0 fully saturated rings. The van der Waals surface area contributed by atoms with E-state index in [9.17, 15) is 18.0 Å². The van der Waals surface area contributed by atoms with Crippen LogP contribution in [0.1, 0.15) is 6.92 Å². The minimum absolute atomic E-state index is 0.225. The van der Waals surface area contributed by atoms with E-state index in [1.165, 1.54) is 6.92 Å². The Morgan fingerprint density at radius 2 is 1.85 bits per heavy atom. The average Bonchev–Trinajstić information content (AvgIpc) is 2.01. The minimum atomic E-state index is -4.53. The lowest BCUT2D eigenvalue weighted by atomic mass is 10.4. The van der Waals surface area contributed by atoms with Crippen molar-refractivity contribution in [2.75, 3.05) is 0 Å². The molecule has 0 saturated carbocycles. The Labute approximate surface area is 75.8 Å². The zero-order valence-electron chi connectivity index (χ0n) is 6.94. The first-order chi connectivity index (χ1) is 5.81. The molecule has 0 aliphatic carbocycles. The lowest BCUT2D eigenvalue weighted by molar-refractivity contribution is -0.129. The predicted molar refractivity (Wildman–Crippen MR) is 45.0 cm³/mol. The molecular weight excluding hydrogens is 196 g/mol. The Hall–Kier alpha value is -1.43. The molecule has 0 aliphatic rings. The van der Waals surface area contributed by atoms with E-state index in [2.05, 4.69) is 17.3 Å². The molecule has 0 saturated heterocycles. The summed E-state index contributed by atoms with van der Waals surface area (Å²) in [6, 6.07) is 0. The van der Waals surface area contributed by atoms with Crippen molar-refractivity contribution in [1.82, 2.24) is 0 Å². The molecule has 0 bridgehead atoms. The van der Waals surface area contributed by atoms with Crippen molar-refractivity contribution in [3.63, 3.8) is 0 Å². The number of carbonyl (C=O) groups excluding carboxylic acids is 2. The van der Waals surface area contributed by atoms with Crippen molar-refractivity contribution in [3.8, 4) is 0 Å². The summed E-state index contributed by atoms with van der Waals surface area (Å²) in [7, 11) is -4.53. The number of carbonyl (C=O) groups is 2. The van der Waals surface area contributed by atoms with Gasteiger partial charge in [0.2, 0.25) is 0 Å². The normalized spacial score (nSPS) is 10.2. The Morgan fingerprint density at radius 1 is 1.38 bits per heavy atom. The molecule has 6 heteroatoms. The second-order valence-electron chi connectivity index (χ2n) is 2.13. The van der Waals surface area contributed by atoms with Gasteiger partial charge in [-0.15, -0.1) is 0 Å². The third kappa shape index (κ3) is 3.20. The number of rotatable bonds is 2. The van der Waals surface area contributed by atoms with Gasteiger partial charge in [0, 0.05) is 11.6 Å². The molecule has 0 aromatic rings. The SMILES string of the molecule is C=CC(=O)OS(=O)(=O)C(=O)C(=C)C. The van der Waals surface area contributed by atoms with Crippen molar-refractivity contribution in [2.45, 2.75) is 6.92 Å². The zero-order valence-corrected chi connectivity index (χ0v) is 7.76. The zero-order chi connectivity index (χ0) is 10.6. The van der Waals surface area contributed by atoms with E-state index >= 15 is 0 Å². The lowest BCUT2D eigenvalue weighted by Gasteiger charge is -2.00. The number of hydrogen-bond acceptors (Lipinski definition) is 5. The van der Waals surface area contributed by atoms with Gasteiger partial charge in [0.15, 0.2) is 0 Å². The van der Waals surface area contributed by atoms with Gasteiger partial charge in [-0.3, -0.25) is 4.79 Å². The highest BCUT2D eigenvalue weighted by molar-refractivity contribution is 8.02. The Bertz CT molecular complexity index is 362. The summed E-state index contributed by atoms with van der Waals surface area (Å²) in [6.07, 6.45) is 0.642. The molecule has 0 aliphatic heterocycles. The van der Waals surface area contributed by atoms with Crippen LogP contribution in [0.5, 0.6) is 0 Å². The van der Waals surface area contributed by atoms with Gasteiger partial charge in [-0.1, -0.05) is 13.2 Å². The molecule has 0 heterocycles. The van der Waals surface area contributed by atoms with Crippen molar-refractivity contribution < 1.29 is 22.2 Å². The van der Waals surface area contributed by atoms with Crippen LogP contribution in [-0.4, -0.2) is 19.5 Å². The molecule has 0 amide bonds. The quantitative estimate of drug-likeness (QED) is 0.472. The molecule has 0 spiro atoms. The van der Waals surface area contributed by atoms with Gasteiger partial charge in [0.25, 0.3) is 0 Å². The van der Waals surface area contributed by atoms with Crippen LogP contribution in [0.25, 0.3) is 0 Å². The molecule has 72 valence electrons. The van der Waals surface area contributed by atoms with Crippen LogP contribution in [0.3, 0.4) is 0 Å². The van der Waals surface area contributed by atoms with E-state index in [4.69, 9.17) is 0 Å². The highest BCUT2D eigenvalue weighted by Crippen LogP contribution is 2.03. The van der Waals surface area contributed by atoms with E-state index in [1.807, 2.05) is 0 Å². The largest absolute Gasteiger partial charge is 0.380 e. The van der Waals surface area contributed by atoms with Gasteiger partial charge in [-0.25, -0.2) is 4.79 Å². The smallest absolute Gasteiger partial charge is 0.336 e. The maximum atomic E-state index is 10.8. The fourth-order valence-corrected chi connectivity index (χ4v) is 1.18. The average molecular weight is 204 g/mol. The molecule has 0 aromatic carbocycles. The molecular formula is C7H8O5S. The highest BCUT2D eigenvalue weighted by atomic mass is 32.2. The molecule has 0 N–H and O–H groups in total. The van der Waals surface area contributed by atoms with E-state index in [1.54, 1.807) is 0 Å². The lowest BCUT2D eigenvalue weighted by Crippen LogP contribution is -2.20. The summed E-state index contributed by atoms with van der Waals surface area (Å²) in [5.74, 6) is -1.20. The van der Waals surface area contributed by atoms with Crippen LogP contribution in [0, 0.1) is 0 Å². The summed E-state index contributed by atoms with van der Waals surface area (Å²) >= 11 is 0. The first kappa shape index (κ1) is 11.6. The van der Waals surface area contributed by atoms with Crippen LogP contribution >= 0.6 is 0 Å². The van der Waals surface area contributed by atoms with Crippen molar-refractivity contribution >= 4 is 21.2 Å². The summed E-state index contributed by atoms with van der Waals surface area (Å²) in [6.45, 7) is 7.28. The summed E-state index contributed by atoms with van der Waals surface area (Å²) in [5, 5.41) is -1.32. The molecule has 13 heavy (non-hydrogen) atoms. The van der Waals surface area contributed by atoms with Crippen LogP contribution in [0.15, 0.2) is 24.8 Å². The van der Waals surface area contributed by atoms with Crippen LogP contribution in [-0.2, 0) is 23.9 Å². The van der Waals surface area contributed by atoms with Crippen molar-refractivity contribution in [2.24, 2.45) is 0 Å². The first-order valence-corrected chi connectivity index (χ1v) is 4.53. The Kier molecular flexibility index (Phi) is 3.55. The fourth-order valence-electron chi connectivity index (χ4n) is 0.393. The monoisotopic (exact) mass is 204 g/mol. The standard InChI is InChI=1S/C7H8O5S/c1-4-6(8)12-13(10,11)7(9)5(2)3/h4H,1-2H2,3H3. The molecule has 0 aromatic heterocycles. The van der Waals surface area contributed by atoms with Crippen LogP contribution in [0.4, 0.5) is 0 Å². The second kappa shape index (κ2) is 3.99. The molecule has 0 radical (unpaired) electrons. The fraction of sp³-hybridized carbons (Fsp3) is 0.143.